The van der Waals surface area contributed by atoms with Crippen LogP contribution in [0.15, 0.2) is 54.6 Å². The molecule has 2 aromatic rings. The molecule has 0 radical (unpaired) electrons. The van der Waals surface area contributed by atoms with Crippen LogP contribution < -0.4 is 14.8 Å². The molecular weight excluding hydrogens is 368 g/mol. The van der Waals surface area contributed by atoms with Crippen LogP contribution >= 0.6 is 0 Å². The largest absolute Gasteiger partial charge is 0.497 e. The highest BCUT2D eigenvalue weighted by molar-refractivity contribution is 5.95. The lowest BCUT2D eigenvalue weighted by atomic mass is 10.2. The summed E-state index contributed by atoms with van der Waals surface area (Å²) in [6, 6.07) is 14.4. The van der Waals surface area contributed by atoms with Crippen molar-refractivity contribution < 1.29 is 19.1 Å². The third-order valence-corrected chi connectivity index (χ3v) is 4.33. The molecule has 1 atom stereocenters. The number of carbonyl (C=O) groups is 2. The Morgan fingerprint density at radius 1 is 1.14 bits per heavy atom. The minimum atomic E-state index is -0.632. The number of carbonyl (C=O) groups excluding carboxylic acids is 2. The molecule has 154 valence electrons. The first kappa shape index (κ1) is 22.0. The van der Waals surface area contributed by atoms with Crippen molar-refractivity contribution in [1.29, 1.82) is 0 Å². The molecule has 0 bridgehead atoms. The van der Waals surface area contributed by atoms with Crippen molar-refractivity contribution in [3.05, 3.63) is 65.7 Å². The number of methoxy groups -OCH3 is 1. The van der Waals surface area contributed by atoms with Crippen LogP contribution in [0.2, 0.25) is 0 Å². The van der Waals surface area contributed by atoms with E-state index in [2.05, 4.69) is 5.32 Å². The molecule has 1 N–H and O–H groups in total. The van der Waals surface area contributed by atoms with E-state index in [1.807, 2.05) is 55.5 Å². The zero-order valence-corrected chi connectivity index (χ0v) is 17.3. The molecule has 1 unspecified atom stereocenters. The molecule has 0 aliphatic heterocycles. The van der Waals surface area contributed by atoms with E-state index in [0.717, 1.165) is 22.6 Å². The van der Waals surface area contributed by atoms with Gasteiger partial charge in [0.25, 0.3) is 0 Å². The van der Waals surface area contributed by atoms with E-state index in [9.17, 15) is 9.59 Å². The molecule has 0 aliphatic carbocycles. The number of aryl methyl sites for hydroxylation is 1. The van der Waals surface area contributed by atoms with Gasteiger partial charge in [0.05, 0.1) is 13.7 Å². The second-order valence-electron chi connectivity index (χ2n) is 6.76. The quantitative estimate of drug-likeness (QED) is 0.662. The maximum Gasteiger partial charge on any atom is 0.244 e. The van der Waals surface area contributed by atoms with Crippen molar-refractivity contribution in [2.75, 3.05) is 27.3 Å². The van der Waals surface area contributed by atoms with E-state index >= 15 is 0 Å². The number of nitrogens with zero attached hydrogens (tertiary/aromatic N) is 1. The smallest absolute Gasteiger partial charge is 0.244 e. The number of likely N-dealkylation sites (N-methyl/N-ethyl adjacent to an activating group) is 1. The predicted octanol–water partition coefficient (Wildman–Crippen LogP) is 3.06. The van der Waals surface area contributed by atoms with Gasteiger partial charge >= 0.3 is 0 Å². The number of amides is 2. The van der Waals surface area contributed by atoms with Crippen LogP contribution in [-0.4, -0.2) is 50.1 Å². The van der Waals surface area contributed by atoms with Gasteiger partial charge in [0.2, 0.25) is 11.8 Å². The summed E-state index contributed by atoms with van der Waals surface area (Å²) in [5.74, 6) is 1.02. The van der Waals surface area contributed by atoms with E-state index in [-0.39, 0.29) is 11.8 Å². The third-order valence-electron chi connectivity index (χ3n) is 4.33. The van der Waals surface area contributed by atoms with Crippen LogP contribution in [-0.2, 0) is 9.59 Å². The monoisotopic (exact) mass is 396 g/mol. The van der Waals surface area contributed by atoms with Gasteiger partial charge in [-0.2, -0.15) is 0 Å². The average Bonchev–Trinajstić information content (AvgIpc) is 2.72. The molecule has 0 aromatic heterocycles. The van der Waals surface area contributed by atoms with Gasteiger partial charge in [0.1, 0.15) is 24.1 Å². The van der Waals surface area contributed by atoms with Crippen LogP contribution in [0, 0.1) is 6.92 Å². The van der Waals surface area contributed by atoms with Crippen molar-refractivity contribution >= 4 is 17.9 Å². The highest BCUT2D eigenvalue weighted by atomic mass is 16.5. The van der Waals surface area contributed by atoms with E-state index in [0.29, 0.717) is 13.2 Å². The second-order valence-corrected chi connectivity index (χ2v) is 6.76. The van der Waals surface area contributed by atoms with Gasteiger partial charge in [-0.1, -0.05) is 24.3 Å². The van der Waals surface area contributed by atoms with Crippen molar-refractivity contribution in [2.45, 2.75) is 19.9 Å². The molecule has 2 amide bonds. The molecule has 0 heterocycles. The Morgan fingerprint density at radius 3 is 2.52 bits per heavy atom. The Hall–Kier alpha value is -3.28. The summed E-state index contributed by atoms with van der Waals surface area (Å²) in [6.07, 6.45) is 3.10. The van der Waals surface area contributed by atoms with Crippen molar-refractivity contribution in [3.8, 4) is 11.5 Å². The number of hydrogen-bond donors (Lipinski definition) is 1. The molecule has 6 heteroatoms. The Balaban J connectivity index is 1.77. The standard InChI is InChI=1S/C23H28N2O4/c1-17-6-5-7-21(16-17)29-15-14-25(3)23(27)18(2)24-22(26)13-10-19-8-11-20(28-4)12-9-19/h5-13,16,18H,14-15H2,1-4H3,(H,24,26)/b13-10+. The lowest BCUT2D eigenvalue weighted by Gasteiger charge is -2.22. The molecule has 0 aliphatic rings. The van der Waals surface area contributed by atoms with Gasteiger partial charge in [-0.25, -0.2) is 0 Å². The van der Waals surface area contributed by atoms with Crippen LogP contribution in [0.1, 0.15) is 18.1 Å². The summed E-state index contributed by atoms with van der Waals surface area (Å²) in [5, 5.41) is 2.69. The Morgan fingerprint density at radius 2 is 1.86 bits per heavy atom. The van der Waals surface area contributed by atoms with Gasteiger partial charge in [0, 0.05) is 13.1 Å². The zero-order valence-electron chi connectivity index (χ0n) is 17.3. The molecular formula is C23H28N2O4. The van der Waals surface area contributed by atoms with E-state index in [1.165, 1.54) is 6.08 Å². The first-order valence-electron chi connectivity index (χ1n) is 9.46. The Kier molecular flexibility index (Phi) is 8.27. The topological polar surface area (TPSA) is 67.9 Å². The number of hydrogen-bond acceptors (Lipinski definition) is 4. The molecule has 0 saturated carbocycles. The van der Waals surface area contributed by atoms with E-state index in [4.69, 9.17) is 9.47 Å². The molecule has 2 rings (SSSR count). The third kappa shape index (κ3) is 7.33. The fourth-order valence-electron chi connectivity index (χ4n) is 2.66. The van der Waals surface area contributed by atoms with Crippen LogP contribution in [0.25, 0.3) is 6.08 Å². The first-order valence-corrected chi connectivity index (χ1v) is 9.46. The first-order chi connectivity index (χ1) is 13.9. The van der Waals surface area contributed by atoms with Crippen LogP contribution in [0.5, 0.6) is 11.5 Å². The molecule has 29 heavy (non-hydrogen) atoms. The fraction of sp³-hybridized carbons (Fsp3) is 0.304. The Bertz CT molecular complexity index is 846. The highest BCUT2D eigenvalue weighted by Crippen LogP contribution is 2.13. The zero-order chi connectivity index (χ0) is 21.2. The van der Waals surface area contributed by atoms with Crippen molar-refractivity contribution in [2.24, 2.45) is 0 Å². The Labute approximate surface area is 172 Å². The fourth-order valence-corrected chi connectivity index (χ4v) is 2.66. The van der Waals surface area contributed by atoms with Gasteiger partial charge in [-0.3, -0.25) is 9.59 Å². The molecule has 0 spiro atoms. The summed E-state index contributed by atoms with van der Waals surface area (Å²) in [7, 11) is 3.29. The normalized spacial score (nSPS) is 11.7. The maximum atomic E-state index is 12.4. The van der Waals surface area contributed by atoms with Crippen molar-refractivity contribution in [1.82, 2.24) is 10.2 Å². The molecule has 2 aromatic carbocycles. The van der Waals surface area contributed by atoms with Crippen LogP contribution in [0.3, 0.4) is 0 Å². The summed E-state index contributed by atoms with van der Waals surface area (Å²) in [6.45, 7) is 4.47. The lowest BCUT2D eigenvalue weighted by molar-refractivity contribution is -0.134. The number of rotatable bonds is 9. The van der Waals surface area contributed by atoms with E-state index in [1.54, 1.807) is 32.1 Å². The van der Waals surface area contributed by atoms with Gasteiger partial charge in [0.15, 0.2) is 0 Å². The van der Waals surface area contributed by atoms with Crippen molar-refractivity contribution in [3.63, 3.8) is 0 Å². The average molecular weight is 396 g/mol. The molecule has 6 nitrogen and oxygen atoms in total. The summed E-state index contributed by atoms with van der Waals surface area (Å²) >= 11 is 0. The van der Waals surface area contributed by atoms with E-state index < -0.39 is 6.04 Å². The molecule has 0 fully saturated rings. The highest BCUT2D eigenvalue weighted by Gasteiger charge is 2.18. The summed E-state index contributed by atoms with van der Waals surface area (Å²) < 4.78 is 10.8. The minimum absolute atomic E-state index is 0.177. The number of benzene rings is 2. The minimum Gasteiger partial charge on any atom is -0.497 e. The molecule has 0 saturated heterocycles. The predicted molar refractivity (Wildman–Crippen MR) is 114 cm³/mol. The summed E-state index contributed by atoms with van der Waals surface area (Å²) in [4.78, 5) is 26.1. The SMILES string of the molecule is COc1ccc(/C=C/C(=O)NC(C)C(=O)N(C)CCOc2cccc(C)c2)cc1. The van der Waals surface area contributed by atoms with Gasteiger partial charge in [-0.15, -0.1) is 0 Å². The lowest BCUT2D eigenvalue weighted by Crippen LogP contribution is -2.46. The number of ether oxygens (including phenoxy) is 2. The number of nitrogens with one attached hydrogen (secondary N) is 1. The second kappa shape index (κ2) is 10.9. The van der Waals surface area contributed by atoms with Gasteiger partial charge < -0.3 is 19.7 Å². The summed E-state index contributed by atoms with van der Waals surface area (Å²) in [5.41, 5.74) is 1.98. The van der Waals surface area contributed by atoms with Crippen LogP contribution in [0.4, 0.5) is 0 Å². The van der Waals surface area contributed by atoms with Gasteiger partial charge in [-0.05, 0) is 55.3 Å². The maximum absolute atomic E-state index is 12.4.